The minimum atomic E-state index is -1.59. The Morgan fingerprint density at radius 1 is 1.36 bits per heavy atom. The molecule has 0 bridgehead atoms. The van der Waals surface area contributed by atoms with Gasteiger partial charge in [0.05, 0.1) is 6.57 Å². The molecule has 0 N–H and O–H groups in total. The molecule has 0 aromatic carbocycles. The number of hydrogen-bond acceptors (Lipinski definition) is 1. The van der Waals surface area contributed by atoms with E-state index in [-0.39, 0.29) is 0 Å². The maximum atomic E-state index is 12.4. The zero-order valence-corrected chi connectivity index (χ0v) is 5.11. The quantitative estimate of drug-likeness (QED) is 0.417. The van der Waals surface area contributed by atoms with E-state index in [0.29, 0.717) is 6.07 Å². The lowest BCUT2D eigenvalue weighted by Crippen LogP contribution is -1.92. The second kappa shape index (κ2) is 2.58. The van der Waals surface area contributed by atoms with Crippen molar-refractivity contribution in [2.75, 3.05) is 0 Å². The van der Waals surface area contributed by atoms with Crippen LogP contribution in [0.3, 0.4) is 0 Å². The molecule has 0 aliphatic carbocycles. The van der Waals surface area contributed by atoms with Gasteiger partial charge >= 0.3 is 0 Å². The van der Waals surface area contributed by atoms with Crippen LogP contribution in [-0.2, 0) is 0 Å². The number of halogens is 3. The Bertz CT molecular complexity index is 329. The Morgan fingerprint density at radius 3 is 2.55 bits per heavy atom. The van der Waals surface area contributed by atoms with Crippen molar-refractivity contribution in [1.29, 1.82) is 0 Å². The van der Waals surface area contributed by atoms with Gasteiger partial charge in [0, 0.05) is 6.07 Å². The highest BCUT2D eigenvalue weighted by Gasteiger charge is 2.11. The Kier molecular flexibility index (Phi) is 1.77. The molecule has 11 heavy (non-hydrogen) atoms. The van der Waals surface area contributed by atoms with E-state index in [2.05, 4.69) is 9.83 Å². The number of hydrogen-bond donors (Lipinski definition) is 0. The smallest absolute Gasteiger partial charge is 0.235 e. The van der Waals surface area contributed by atoms with Crippen LogP contribution in [0.1, 0.15) is 0 Å². The van der Waals surface area contributed by atoms with Crippen LogP contribution >= 0.6 is 0 Å². The standard InChI is InChI=1S/C6HF3N2/c1-10-3-2-4(7)11-6(9)5(3)8/h2H. The molecule has 0 aliphatic heterocycles. The molecule has 0 saturated heterocycles. The summed E-state index contributed by atoms with van der Waals surface area (Å²) in [5, 5.41) is 0. The van der Waals surface area contributed by atoms with Gasteiger partial charge in [0.1, 0.15) is 0 Å². The van der Waals surface area contributed by atoms with Crippen molar-refractivity contribution in [2.45, 2.75) is 0 Å². The Labute approximate surface area is 60.1 Å². The van der Waals surface area contributed by atoms with Crippen LogP contribution in [0, 0.1) is 24.3 Å². The summed E-state index contributed by atoms with van der Waals surface area (Å²) < 4.78 is 36.7. The fourth-order valence-corrected chi connectivity index (χ4v) is 0.538. The molecular weight excluding hydrogens is 157 g/mol. The van der Waals surface area contributed by atoms with Gasteiger partial charge in [-0.05, 0) is 0 Å². The van der Waals surface area contributed by atoms with Gasteiger partial charge in [0.25, 0.3) is 0 Å². The minimum absolute atomic E-state index is 0.533. The van der Waals surface area contributed by atoms with Crippen molar-refractivity contribution in [3.05, 3.63) is 35.2 Å². The van der Waals surface area contributed by atoms with Crippen LogP contribution in [0.5, 0.6) is 0 Å². The van der Waals surface area contributed by atoms with Gasteiger partial charge in [-0.15, -0.1) is 0 Å². The van der Waals surface area contributed by atoms with Crippen LogP contribution in [0.15, 0.2) is 6.07 Å². The Hall–Kier alpha value is -1.57. The van der Waals surface area contributed by atoms with E-state index in [9.17, 15) is 13.2 Å². The highest BCUT2D eigenvalue weighted by molar-refractivity contribution is 5.44. The van der Waals surface area contributed by atoms with Gasteiger partial charge in [0.2, 0.25) is 17.6 Å². The maximum absolute atomic E-state index is 12.4. The second-order valence-corrected chi connectivity index (χ2v) is 1.68. The molecule has 5 heteroatoms. The third-order valence-electron chi connectivity index (χ3n) is 0.987. The van der Waals surface area contributed by atoms with E-state index in [1.165, 1.54) is 0 Å². The van der Waals surface area contributed by atoms with Crippen LogP contribution in [0.2, 0.25) is 0 Å². The van der Waals surface area contributed by atoms with Crippen molar-refractivity contribution < 1.29 is 13.2 Å². The van der Waals surface area contributed by atoms with Crippen molar-refractivity contribution in [3.8, 4) is 0 Å². The summed E-state index contributed by atoms with van der Waals surface area (Å²) in [6.07, 6.45) is 0. The summed E-state index contributed by atoms with van der Waals surface area (Å²) in [6, 6.07) is 0.533. The third-order valence-corrected chi connectivity index (χ3v) is 0.987. The van der Waals surface area contributed by atoms with Crippen LogP contribution < -0.4 is 0 Å². The molecule has 1 aromatic heterocycles. The molecule has 0 fully saturated rings. The first-order chi connectivity index (χ1) is 5.15. The minimum Gasteiger partial charge on any atom is -0.235 e. The molecule has 0 amide bonds. The van der Waals surface area contributed by atoms with Gasteiger partial charge in [-0.2, -0.15) is 13.8 Å². The average Bonchev–Trinajstić information content (AvgIpc) is 1.96. The summed E-state index contributed by atoms with van der Waals surface area (Å²) in [5.41, 5.74) is -0.699. The first-order valence-corrected chi connectivity index (χ1v) is 2.54. The predicted molar refractivity (Wildman–Crippen MR) is 30.4 cm³/mol. The largest absolute Gasteiger partial charge is 0.240 e. The molecule has 56 valence electrons. The Morgan fingerprint density at radius 2 is 2.00 bits per heavy atom. The fraction of sp³-hybridized carbons (Fsp3) is 0. The van der Waals surface area contributed by atoms with Crippen LogP contribution in [0.4, 0.5) is 18.9 Å². The zero-order chi connectivity index (χ0) is 8.43. The van der Waals surface area contributed by atoms with E-state index >= 15 is 0 Å². The summed E-state index contributed by atoms with van der Waals surface area (Å²) in [7, 11) is 0. The number of rotatable bonds is 0. The van der Waals surface area contributed by atoms with Crippen molar-refractivity contribution in [3.63, 3.8) is 0 Å². The SMILES string of the molecule is [C-]#[N+]c1cc(F)nc(F)c1F. The van der Waals surface area contributed by atoms with Crippen LogP contribution in [0.25, 0.3) is 4.85 Å². The van der Waals surface area contributed by atoms with Crippen molar-refractivity contribution >= 4 is 5.69 Å². The number of aromatic nitrogens is 1. The third kappa shape index (κ3) is 1.29. The fourth-order valence-electron chi connectivity index (χ4n) is 0.538. The lowest BCUT2D eigenvalue weighted by Gasteiger charge is -1.93. The molecular formula is C6HF3N2. The molecule has 0 radical (unpaired) electrons. The topological polar surface area (TPSA) is 17.2 Å². The van der Waals surface area contributed by atoms with E-state index in [4.69, 9.17) is 6.57 Å². The van der Waals surface area contributed by atoms with Gasteiger partial charge in [-0.1, -0.05) is 0 Å². The monoisotopic (exact) mass is 158 g/mol. The molecule has 0 unspecified atom stereocenters. The molecule has 1 rings (SSSR count). The second-order valence-electron chi connectivity index (χ2n) is 1.68. The molecule has 1 heterocycles. The average molecular weight is 158 g/mol. The first kappa shape index (κ1) is 7.54. The zero-order valence-electron chi connectivity index (χ0n) is 5.11. The van der Waals surface area contributed by atoms with E-state index in [1.54, 1.807) is 0 Å². The molecule has 2 nitrogen and oxygen atoms in total. The van der Waals surface area contributed by atoms with E-state index < -0.39 is 23.4 Å². The lowest BCUT2D eigenvalue weighted by molar-refractivity contribution is 0.451. The lowest BCUT2D eigenvalue weighted by atomic mass is 10.4. The number of nitrogens with zero attached hydrogens (tertiary/aromatic N) is 2. The predicted octanol–water partition coefficient (Wildman–Crippen LogP) is 2.05. The Balaban J connectivity index is 3.39. The molecule has 0 atom stereocenters. The first-order valence-electron chi connectivity index (χ1n) is 2.54. The molecule has 0 saturated carbocycles. The van der Waals surface area contributed by atoms with Gasteiger partial charge < -0.3 is 0 Å². The molecule has 0 spiro atoms. The summed E-state index contributed by atoms with van der Waals surface area (Å²) >= 11 is 0. The normalized spacial score (nSPS) is 9.27. The van der Waals surface area contributed by atoms with E-state index in [0.717, 1.165) is 0 Å². The summed E-state index contributed by atoms with van der Waals surface area (Å²) in [6.45, 7) is 6.30. The van der Waals surface area contributed by atoms with Gasteiger partial charge in [-0.25, -0.2) is 9.24 Å². The summed E-state index contributed by atoms with van der Waals surface area (Å²) in [5.74, 6) is -4.20. The summed E-state index contributed by atoms with van der Waals surface area (Å²) in [4.78, 5) is 5.08. The van der Waals surface area contributed by atoms with Gasteiger partial charge in [0.15, 0.2) is 5.82 Å². The highest BCUT2D eigenvalue weighted by Crippen LogP contribution is 2.19. The molecule has 0 aliphatic rings. The number of pyridine rings is 1. The maximum Gasteiger partial charge on any atom is 0.240 e. The van der Waals surface area contributed by atoms with E-state index in [1.807, 2.05) is 0 Å². The highest BCUT2D eigenvalue weighted by atomic mass is 19.2. The van der Waals surface area contributed by atoms with Crippen molar-refractivity contribution in [2.24, 2.45) is 0 Å². The van der Waals surface area contributed by atoms with Crippen molar-refractivity contribution in [1.82, 2.24) is 4.98 Å². The molecule has 1 aromatic rings. The van der Waals surface area contributed by atoms with Crippen LogP contribution in [-0.4, -0.2) is 4.98 Å². The van der Waals surface area contributed by atoms with Gasteiger partial charge in [-0.3, -0.25) is 0 Å².